The lowest BCUT2D eigenvalue weighted by Gasteiger charge is -2.37. The lowest BCUT2D eigenvalue weighted by atomic mass is 9.98. The Balaban J connectivity index is 1.21. The number of aromatic hydroxyl groups is 2. The van der Waals surface area contributed by atoms with E-state index in [4.69, 9.17) is 5.73 Å². The number of unbranched alkanes of at least 4 members (excludes halogenated alkanes) is 1. The number of carboxylic acid groups (broad SMARTS) is 1. The molecule has 690 valence electrons. The Labute approximate surface area is 753 Å². The van der Waals surface area contributed by atoms with E-state index in [1.54, 1.807) is 149 Å². The summed E-state index contributed by atoms with van der Waals surface area (Å²) >= 11 is 0.829. The number of nitrogens with two attached hydrogens (primary N) is 1. The molecule has 35 nitrogen and oxygen atoms in total. The van der Waals surface area contributed by atoms with Gasteiger partial charge in [-0.25, -0.2) is 0 Å². The van der Waals surface area contributed by atoms with Crippen molar-refractivity contribution in [1.29, 1.82) is 0 Å². The Kier molecular flexibility index (Phi) is 38.2. The first-order valence-corrected chi connectivity index (χ1v) is 43.8. The van der Waals surface area contributed by atoms with E-state index in [1.807, 2.05) is 6.92 Å². The molecule has 1 saturated heterocycles. The molecule has 1 aliphatic rings. The Bertz CT molecular complexity index is 5070. The predicted molar refractivity (Wildman–Crippen MR) is 482 cm³/mol. The Hall–Kier alpha value is -13.7. The van der Waals surface area contributed by atoms with Crippen LogP contribution in [0.25, 0.3) is 10.9 Å². The average molecular weight is 1800 g/mol. The van der Waals surface area contributed by atoms with Crippen molar-refractivity contribution in [2.45, 2.75) is 172 Å². The van der Waals surface area contributed by atoms with Gasteiger partial charge in [-0.1, -0.05) is 181 Å². The second-order valence-electron chi connectivity index (χ2n) is 33.1. The third kappa shape index (κ3) is 30.5. The number of thioether (sulfide) groups is 1. The van der Waals surface area contributed by atoms with Gasteiger partial charge in [-0.2, -0.15) is 0 Å². The SMILES string of the molecule is CCCC[C@H]1C(=O)N(C)CC(=O)N[C@@H](CC(=O)O)C(=O)N[C@@H](C(C)C)C(=O)N(C)[C@@H](Cc2ccccc2)C(=O)N[C@@H](Cc2ccc(O)cc2)C(=O)N(C)CC(=O)N[C@H](Cc2c[nH]c3ccccc23)C(=O)N[C@@H](Cc2ccc(O)cc2)C(=O)N[C@@H](CC(C)C)C(=O)N[C@H](C(=O)NCC(N)=O)CSCC(=O)N[C@@H](Cc2ccccc2)C(=O)N(C)[C@@H](Cc2ccccc2)C(=O)N1C. The molecule has 11 atom stereocenters. The van der Waals surface area contributed by atoms with Gasteiger partial charge in [0.25, 0.3) is 0 Å². The molecule has 6 aromatic carbocycles. The van der Waals surface area contributed by atoms with Crippen LogP contribution in [0, 0.1) is 11.8 Å². The topological polar surface area (TPSA) is 500 Å². The van der Waals surface area contributed by atoms with Crippen LogP contribution >= 0.6 is 11.8 Å². The van der Waals surface area contributed by atoms with Gasteiger partial charge in [0.05, 0.1) is 31.8 Å². The van der Waals surface area contributed by atoms with Gasteiger partial charge in [-0.3, -0.25) is 76.7 Å². The maximum atomic E-state index is 15.5. The molecular formula is C93H118N16O19S. The highest BCUT2D eigenvalue weighted by Crippen LogP contribution is 2.25. The number of phenolic OH excluding ortho intramolecular Hbond substituents is 2. The normalized spacial score (nSPS) is 21.9. The summed E-state index contributed by atoms with van der Waals surface area (Å²) in [5.74, 6) is -17.4. The fourth-order valence-corrected chi connectivity index (χ4v) is 15.8. The molecule has 0 bridgehead atoms. The number of hydrogen-bond acceptors (Lipinski definition) is 19. The molecule has 129 heavy (non-hydrogen) atoms. The monoisotopic (exact) mass is 1790 g/mol. The van der Waals surface area contributed by atoms with Crippen LogP contribution in [0.3, 0.4) is 0 Å². The van der Waals surface area contributed by atoms with Crippen molar-refractivity contribution in [3.63, 3.8) is 0 Å². The first-order valence-electron chi connectivity index (χ1n) is 42.7. The van der Waals surface area contributed by atoms with Crippen LogP contribution < -0.4 is 53.6 Å². The Morgan fingerprint density at radius 2 is 0.899 bits per heavy atom. The Morgan fingerprint density at radius 1 is 0.457 bits per heavy atom. The Morgan fingerprint density at radius 3 is 1.43 bits per heavy atom. The van der Waals surface area contributed by atoms with E-state index in [1.165, 1.54) is 93.6 Å². The molecule has 8 rings (SSSR count). The van der Waals surface area contributed by atoms with Crippen LogP contribution in [0.1, 0.15) is 100 Å². The van der Waals surface area contributed by atoms with E-state index >= 15 is 33.6 Å². The van der Waals surface area contributed by atoms with Crippen molar-refractivity contribution < 1.29 is 92.0 Å². The average Bonchev–Trinajstić information content (AvgIpc) is 1.50. The maximum Gasteiger partial charge on any atom is 0.305 e. The molecule has 15 amide bonds. The summed E-state index contributed by atoms with van der Waals surface area (Å²) in [4.78, 5) is 243. The summed E-state index contributed by atoms with van der Waals surface area (Å²) in [5.41, 5.74) is 9.11. The number of H-pyrrole nitrogens is 1. The van der Waals surface area contributed by atoms with Crippen molar-refractivity contribution in [1.82, 2.24) is 77.3 Å². The lowest BCUT2D eigenvalue weighted by Crippen LogP contribution is -2.61. The molecule has 0 aliphatic carbocycles. The van der Waals surface area contributed by atoms with E-state index in [9.17, 15) is 58.5 Å². The van der Waals surface area contributed by atoms with Gasteiger partial charge in [0.15, 0.2) is 0 Å². The van der Waals surface area contributed by atoms with Crippen LogP contribution in [0.2, 0.25) is 0 Å². The predicted octanol–water partition coefficient (Wildman–Crippen LogP) is 2.33. The number of phenols is 2. The number of para-hydroxylation sites is 1. The number of nitrogens with zero attached hydrogens (tertiary/aromatic N) is 5. The van der Waals surface area contributed by atoms with Gasteiger partial charge in [0.2, 0.25) is 88.6 Å². The minimum atomic E-state index is -1.91. The van der Waals surface area contributed by atoms with Crippen LogP contribution in [0.4, 0.5) is 0 Å². The van der Waals surface area contributed by atoms with Crippen LogP contribution in [0.5, 0.6) is 11.5 Å². The van der Waals surface area contributed by atoms with Crippen molar-refractivity contribution in [2.24, 2.45) is 17.6 Å². The second-order valence-corrected chi connectivity index (χ2v) is 34.1. The van der Waals surface area contributed by atoms with Crippen molar-refractivity contribution >= 4 is 117 Å². The standard InChI is InChI=1S/C93H118N16O19S/c1-11-12-32-74-91(126)106(7)52-79(114)98-70(48-81(116)117)87(122)104-82(56(4)5)93(128)108(9)75(45-58-26-18-14-19-27-58)88(123)102-71(44-61-35-39-64(111)40-36-61)89(124)105(6)51-78(113)97-69(47-62-49-95-66-31-23-22-30-65(62)66)86(121)101-68(42-60-33-37-63(110)38-34-60)85(120)100-67(41-55(2)3)84(119)103-73(83(118)96-50-77(94)112)53-129-54-80(115)99-72(43-57-24-16-13-17-25-57)90(125)109(10)76(92(127)107(74)8)46-59-28-20-15-21-29-59/h13-31,33-40,49,55-56,67-76,82,95,110-111H,11-12,32,41-48,50-54H2,1-10H3,(H2,94,112)(H,96,118)(H,97,113)(H,98,114)(H,99,115)(H,100,120)(H,101,121)(H,102,123)(H,103,119)(H,104,122)(H,116,117)/t67-,68-,69+,70-,71-,72-,73-,74-,75-,76-,82-/m0/s1. The number of hydrogen-bond donors (Lipinski definition) is 14. The van der Waals surface area contributed by atoms with E-state index in [0.717, 1.165) is 26.5 Å². The lowest BCUT2D eigenvalue weighted by molar-refractivity contribution is -0.151. The summed E-state index contributed by atoms with van der Waals surface area (Å²) in [7, 11) is 6.54. The number of carbonyl (C=O) groups is 16. The molecule has 36 heteroatoms. The molecule has 2 heterocycles. The molecule has 7 aromatic rings. The number of likely N-dealkylation sites (N-methyl/N-ethyl adjacent to an activating group) is 5. The highest BCUT2D eigenvalue weighted by atomic mass is 32.2. The van der Waals surface area contributed by atoms with Crippen molar-refractivity contribution in [3.05, 3.63) is 203 Å². The van der Waals surface area contributed by atoms with Gasteiger partial charge in [-0.05, 0) is 88.4 Å². The first-order chi connectivity index (χ1) is 61.4. The summed E-state index contributed by atoms with van der Waals surface area (Å²) < 4.78 is 0. The van der Waals surface area contributed by atoms with Gasteiger partial charge < -0.3 is 98.4 Å². The largest absolute Gasteiger partial charge is 0.508 e. The number of aliphatic carboxylic acids is 1. The summed E-state index contributed by atoms with van der Waals surface area (Å²) in [5, 5.41) is 55.6. The zero-order chi connectivity index (χ0) is 94.3. The number of aromatic nitrogens is 1. The molecule has 15 N–H and O–H groups in total. The van der Waals surface area contributed by atoms with Gasteiger partial charge in [-0.15, -0.1) is 11.8 Å². The molecule has 1 aliphatic heterocycles. The number of rotatable bonds is 23. The molecule has 0 unspecified atom stereocenters. The second kappa shape index (κ2) is 48.9. The smallest absolute Gasteiger partial charge is 0.305 e. The number of primary amides is 1. The van der Waals surface area contributed by atoms with E-state index in [2.05, 4.69) is 52.8 Å². The van der Waals surface area contributed by atoms with Crippen LogP contribution in [0.15, 0.2) is 170 Å². The quantitative estimate of drug-likeness (QED) is 0.0437. The molecular weight excluding hydrogens is 1680 g/mol. The van der Waals surface area contributed by atoms with Gasteiger partial charge in [0.1, 0.15) is 78.0 Å². The number of fused-ring (bicyclic) bond motifs is 1. The first kappa shape index (κ1) is 101. The number of carboxylic acids is 1. The molecule has 0 radical (unpaired) electrons. The molecule has 1 aromatic heterocycles. The van der Waals surface area contributed by atoms with Crippen LogP contribution in [-0.2, 0) is 115 Å². The fourth-order valence-electron chi connectivity index (χ4n) is 14.9. The van der Waals surface area contributed by atoms with Gasteiger partial charge >= 0.3 is 5.97 Å². The van der Waals surface area contributed by atoms with Crippen molar-refractivity contribution in [2.75, 3.05) is 66.4 Å². The van der Waals surface area contributed by atoms with E-state index in [0.29, 0.717) is 57.1 Å². The molecule has 1 fully saturated rings. The summed E-state index contributed by atoms with van der Waals surface area (Å²) in [6, 6.07) is 27.2. The zero-order valence-electron chi connectivity index (χ0n) is 74.1. The minimum absolute atomic E-state index is 0.0299. The van der Waals surface area contributed by atoms with Gasteiger partial charge in [0, 0.05) is 96.6 Å². The number of amides is 15. The number of aromatic amines is 1. The number of carbonyl (C=O) groups excluding carboxylic acids is 15. The summed E-state index contributed by atoms with van der Waals surface area (Å²) in [6.07, 6.45) is 0.0924. The van der Waals surface area contributed by atoms with Crippen molar-refractivity contribution in [3.8, 4) is 11.5 Å². The van der Waals surface area contributed by atoms with E-state index < -0.39 is 199 Å². The molecule has 0 saturated carbocycles. The highest BCUT2D eigenvalue weighted by molar-refractivity contribution is 8.00. The molecule has 0 spiro atoms. The highest BCUT2D eigenvalue weighted by Gasteiger charge is 2.42. The van der Waals surface area contributed by atoms with Crippen LogP contribution in [-0.4, -0.2) is 272 Å². The maximum absolute atomic E-state index is 15.5. The van der Waals surface area contributed by atoms with E-state index in [-0.39, 0.29) is 74.5 Å². The number of benzene rings is 6. The third-order valence-corrected chi connectivity index (χ3v) is 23.1. The summed E-state index contributed by atoms with van der Waals surface area (Å²) in [6.45, 7) is 6.17. The fraction of sp³-hybridized carbons (Fsp3) is 0.419. The third-order valence-electron chi connectivity index (χ3n) is 22.1. The number of nitrogens with one attached hydrogen (secondary N) is 10. The zero-order valence-corrected chi connectivity index (χ0v) is 74.9. The minimum Gasteiger partial charge on any atom is -0.508 e.